The molecule has 0 saturated heterocycles. The number of hydrogen-bond acceptors (Lipinski definition) is 2. The first-order valence-electron chi connectivity index (χ1n) is 16.3. The van der Waals surface area contributed by atoms with E-state index in [0.717, 1.165) is 33.8 Å². The fourth-order valence-corrected chi connectivity index (χ4v) is 8.17. The number of rotatable bonds is 4. The van der Waals surface area contributed by atoms with Crippen LogP contribution in [0.2, 0.25) is 0 Å². The number of H-pyrrole nitrogens is 1. The van der Waals surface area contributed by atoms with Crippen LogP contribution in [-0.2, 0) is 10.8 Å². The standard InChI is InChI=1S/C43H34N4/c1-28-25-38(46-45-28)29-13-12-14-31(26-29)47-39-20-9-4-15-32(39)33-23-22-30(27-40(33)47)43(41-21-10-11-24-44-41)36-18-7-5-16-34(36)42(2,3)35-17-6-8-19-37(35)43/h4-27H,1-3H3,(H,45,46). The van der Waals surface area contributed by atoms with Crippen LogP contribution in [0.15, 0.2) is 146 Å². The largest absolute Gasteiger partial charge is 0.309 e. The van der Waals surface area contributed by atoms with E-state index in [9.17, 15) is 0 Å². The number of para-hydroxylation sites is 1. The fourth-order valence-electron chi connectivity index (χ4n) is 8.17. The number of hydrogen-bond donors (Lipinski definition) is 1. The summed E-state index contributed by atoms with van der Waals surface area (Å²) in [4.78, 5) is 5.13. The van der Waals surface area contributed by atoms with Gasteiger partial charge in [0.2, 0.25) is 0 Å². The number of nitrogens with one attached hydrogen (secondary N) is 1. The van der Waals surface area contributed by atoms with Crippen LogP contribution in [0.1, 0.15) is 53.1 Å². The second kappa shape index (κ2) is 10.1. The van der Waals surface area contributed by atoms with E-state index in [1.165, 1.54) is 44.1 Å². The average molecular weight is 607 g/mol. The lowest BCUT2D eigenvalue weighted by Gasteiger charge is -2.47. The molecule has 0 aliphatic heterocycles. The van der Waals surface area contributed by atoms with Crippen molar-refractivity contribution in [2.75, 3.05) is 0 Å². The number of aryl methyl sites for hydroxylation is 1. The Balaban J connectivity index is 1.40. The van der Waals surface area contributed by atoms with Crippen LogP contribution in [0.4, 0.5) is 0 Å². The summed E-state index contributed by atoms with van der Waals surface area (Å²) in [6, 6.07) is 50.9. The molecule has 1 N–H and O–H groups in total. The Hall–Kier alpha value is -5.74. The zero-order valence-corrected chi connectivity index (χ0v) is 26.7. The zero-order chi connectivity index (χ0) is 31.8. The third-order valence-electron chi connectivity index (χ3n) is 10.3. The maximum absolute atomic E-state index is 5.13. The Kier molecular flexibility index (Phi) is 5.94. The van der Waals surface area contributed by atoms with E-state index in [2.05, 4.69) is 162 Å². The molecule has 0 radical (unpaired) electrons. The molecule has 47 heavy (non-hydrogen) atoms. The quantitative estimate of drug-likeness (QED) is 0.217. The number of aromatic amines is 1. The summed E-state index contributed by atoms with van der Waals surface area (Å²) in [5.74, 6) is 0. The van der Waals surface area contributed by atoms with Crippen LogP contribution in [-0.4, -0.2) is 19.7 Å². The van der Waals surface area contributed by atoms with Gasteiger partial charge in [-0.3, -0.25) is 10.1 Å². The Labute approximate surface area is 274 Å². The van der Waals surface area contributed by atoms with Gasteiger partial charge in [0, 0.05) is 39.3 Å². The van der Waals surface area contributed by atoms with Gasteiger partial charge < -0.3 is 4.57 Å². The van der Waals surface area contributed by atoms with Gasteiger partial charge in [-0.2, -0.15) is 5.10 Å². The Morgan fingerprint density at radius 1 is 0.596 bits per heavy atom. The summed E-state index contributed by atoms with van der Waals surface area (Å²) in [7, 11) is 0. The van der Waals surface area contributed by atoms with Crippen LogP contribution in [0.25, 0.3) is 38.8 Å². The molecule has 4 heteroatoms. The molecule has 1 aliphatic rings. The van der Waals surface area contributed by atoms with E-state index < -0.39 is 5.41 Å². The minimum absolute atomic E-state index is 0.171. The smallest absolute Gasteiger partial charge is 0.0924 e. The lowest BCUT2D eigenvalue weighted by atomic mass is 9.55. The minimum Gasteiger partial charge on any atom is -0.309 e. The van der Waals surface area contributed by atoms with E-state index >= 15 is 0 Å². The van der Waals surface area contributed by atoms with Crippen molar-refractivity contribution >= 4 is 21.8 Å². The second-order valence-corrected chi connectivity index (χ2v) is 13.3. The second-order valence-electron chi connectivity index (χ2n) is 13.3. The van der Waals surface area contributed by atoms with E-state index in [0.29, 0.717) is 0 Å². The number of aromatic nitrogens is 4. The normalized spacial score (nSPS) is 14.6. The van der Waals surface area contributed by atoms with Gasteiger partial charge in [-0.25, -0.2) is 0 Å². The Morgan fingerprint density at radius 2 is 1.28 bits per heavy atom. The predicted octanol–water partition coefficient (Wildman–Crippen LogP) is 9.90. The molecule has 0 fully saturated rings. The van der Waals surface area contributed by atoms with Crippen molar-refractivity contribution in [3.63, 3.8) is 0 Å². The van der Waals surface area contributed by atoms with Crippen molar-refractivity contribution in [1.29, 1.82) is 0 Å². The summed E-state index contributed by atoms with van der Waals surface area (Å²) in [5.41, 5.74) is 13.1. The monoisotopic (exact) mass is 606 g/mol. The van der Waals surface area contributed by atoms with Gasteiger partial charge in [0.15, 0.2) is 0 Å². The number of benzene rings is 5. The maximum atomic E-state index is 5.13. The average Bonchev–Trinajstić information content (AvgIpc) is 3.70. The van der Waals surface area contributed by atoms with Gasteiger partial charge in [0.05, 0.1) is 27.8 Å². The molecule has 5 aromatic carbocycles. The molecule has 9 rings (SSSR count). The molecule has 0 saturated carbocycles. The van der Waals surface area contributed by atoms with Crippen molar-refractivity contribution in [3.05, 3.63) is 185 Å². The highest BCUT2D eigenvalue weighted by Crippen LogP contribution is 2.55. The SMILES string of the molecule is Cc1cc(-c2cccc(-n3c4ccccc4c4ccc(C5(c6ccccn6)c6ccccc6C(C)(C)c6ccccc65)cc43)c2)n[nH]1. The highest BCUT2D eigenvalue weighted by atomic mass is 15.1. The third-order valence-corrected chi connectivity index (χ3v) is 10.3. The fraction of sp³-hybridized carbons (Fsp3) is 0.116. The molecule has 4 nitrogen and oxygen atoms in total. The van der Waals surface area contributed by atoms with Gasteiger partial charge in [0.1, 0.15) is 0 Å². The summed E-state index contributed by atoms with van der Waals surface area (Å²) in [6.45, 7) is 6.73. The molecule has 226 valence electrons. The van der Waals surface area contributed by atoms with Crippen molar-refractivity contribution in [3.8, 4) is 16.9 Å². The minimum atomic E-state index is -0.617. The van der Waals surface area contributed by atoms with Crippen molar-refractivity contribution < 1.29 is 0 Å². The van der Waals surface area contributed by atoms with Gasteiger partial charge in [0.25, 0.3) is 0 Å². The lowest BCUT2D eigenvalue weighted by molar-refractivity contribution is 0.552. The van der Waals surface area contributed by atoms with Gasteiger partial charge >= 0.3 is 0 Å². The van der Waals surface area contributed by atoms with Gasteiger partial charge in [-0.15, -0.1) is 0 Å². The number of fused-ring (bicyclic) bond motifs is 5. The Bertz CT molecular complexity index is 2410. The predicted molar refractivity (Wildman–Crippen MR) is 191 cm³/mol. The van der Waals surface area contributed by atoms with Crippen molar-refractivity contribution in [2.24, 2.45) is 0 Å². The highest BCUT2D eigenvalue weighted by molar-refractivity contribution is 6.09. The van der Waals surface area contributed by atoms with E-state index in [-0.39, 0.29) is 5.41 Å². The summed E-state index contributed by atoms with van der Waals surface area (Å²) >= 11 is 0. The summed E-state index contributed by atoms with van der Waals surface area (Å²) in [5, 5.41) is 10.1. The first kappa shape index (κ1) is 27.6. The van der Waals surface area contributed by atoms with Crippen LogP contribution in [0.5, 0.6) is 0 Å². The highest BCUT2D eigenvalue weighted by Gasteiger charge is 2.49. The summed E-state index contributed by atoms with van der Waals surface area (Å²) < 4.78 is 2.41. The van der Waals surface area contributed by atoms with Crippen molar-refractivity contribution in [1.82, 2.24) is 19.7 Å². The summed E-state index contributed by atoms with van der Waals surface area (Å²) in [6.07, 6.45) is 1.93. The molecule has 3 heterocycles. The molecule has 8 aromatic rings. The third kappa shape index (κ3) is 3.88. The van der Waals surface area contributed by atoms with Crippen LogP contribution in [0.3, 0.4) is 0 Å². The number of nitrogens with zero attached hydrogens (tertiary/aromatic N) is 3. The van der Waals surface area contributed by atoms with Crippen LogP contribution < -0.4 is 0 Å². The molecule has 0 unspecified atom stereocenters. The van der Waals surface area contributed by atoms with E-state index in [1.807, 2.05) is 19.2 Å². The van der Waals surface area contributed by atoms with Gasteiger partial charge in [-0.1, -0.05) is 111 Å². The molecule has 0 amide bonds. The lowest BCUT2D eigenvalue weighted by Crippen LogP contribution is -2.42. The van der Waals surface area contributed by atoms with Gasteiger partial charge in [-0.05, 0) is 77.2 Å². The first-order valence-corrected chi connectivity index (χ1v) is 16.3. The molecular formula is C43H34N4. The molecule has 1 aliphatic carbocycles. The van der Waals surface area contributed by atoms with Crippen LogP contribution in [0, 0.1) is 6.92 Å². The molecule has 3 aromatic heterocycles. The topological polar surface area (TPSA) is 46.5 Å². The van der Waals surface area contributed by atoms with E-state index in [4.69, 9.17) is 4.98 Å². The molecular weight excluding hydrogens is 573 g/mol. The first-order chi connectivity index (χ1) is 23.0. The zero-order valence-electron chi connectivity index (χ0n) is 26.7. The maximum Gasteiger partial charge on any atom is 0.0924 e. The molecule has 0 atom stereocenters. The van der Waals surface area contributed by atoms with Crippen LogP contribution >= 0.6 is 0 Å². The Morgan fingerprint density at radius 3 is 1.98 bits per heavy atom. The molecule has 0 bridgehead atoms. The number of pyridine rings is 1. The van der Waals surface area contributed by atoms with Crippen molar-refractivity contribution in [2.45, 2.75) is 31.6 Å². The molecule has 0 spiro atoms. The van der Waals surface area contributed by atoms with E-state index in [1.54, 1.807) is 0 Å².